The third-order valence-corrected chi connectivity index (χ3v) is 3.61. The number of nitrogens with one attached hydrogen (secondary N) is 1. The van der Waals surface area contributed by atoms with E-state index in [1.165, 1.54) is 0 Å². The highest BCUT2D eigenvalue weighted by atomic mass is 35.5. The van der Waals surface area contributed by atoms with E-state index in [1.807, 2.05) is 18.2 Å². The van der Waals surface area contributed by atoms with Gasteiger partial charge in [0.2, 0.25) is 5.82 Å². The number of tetrazole rings is 1. The zero-order valence-electron chi connectivity index (χ0n) is 9.71. The van der Waals surface area contributed by atoms with Gasteiger partial charge in [-0.1, -0.05) is 35.0 Å². The summed E-state index contributed by atoms with van der Waals surface area (Å²) in [5.41, 5.74) is 1.16. The number of aromatic amines is 1. The zero-order chi connectivity index (χ0) is 12.4. The molecule has 2 unspecified atom stereocenters. The highest BCUT2D eigenvalue weighted by molar-refractivity contribution is 6.31. The van der Waals surface area contributed by atoms with Crippen LogP contribution in [0.2, 0.25) is 5.02 Å². The number of aromatic nitrogens is 4. The predicted octanol–water partition coefficient (Wildman–Crippen LogP) is 2.49. The minimum absolute atomic E-state index is 0.0533. The summed E-state index contributed by atoms with van der Waals surface area (Å²) in [5.74, 6) is 0.981. The summed E-state index contributed by atoms with van der Waals surface area (Å²) in [6, 6.07) is 7.93. The highest BCUT2D eigenvalue weighted by Gasteiger charge is 2.27. The van der Waals surface area contributed by atoms with Crippen molar-refractivity contribution in [3.63, 3.8) is 0 Å². The average molecular weight is 265 g/mol. The van der Waals surface area contributed by atoms with Crippen LogP contribution in [0.5, 0.6) is 0 Å². The Balaban J connectivity index is 1.69. The molecule has 2 heterocycles. The van der Waals surface area contributed by atoms with E-state index in [1.54, 1.807) is 0 Å². The maximum Gasteiger partial charge on any atom is 0.203 e. The first-order chi connectivity index (χ1) is 8.84. The van der Waals surface area contributed by atoms with E-state index in [2.05, 4.69) is 26.7 Å². The Hall–Kier alpha value is -1.46. The molecule has 0 saturated carbocycles. The van der Waals surface area contributed by atoms with Gasteiger partial charge in [0.15, 0.2) is 0 Å². The van der Waals surface area contributed by atoms with E-state index in [4.69, 9.17) is 16.3 Å². The molecule has 18 heavy (non-hydrogen) atoms. The second-order valence-electron chi connectivity index (χ2n) is 4.39. The molecule has 1 aromatic carbocycles. The first-order valence-corrected chi connectivity index (χ1v) is 6.32. The molecule has 0 aliphatic carbocycles. The number of hydrogen-bond acceptors (Lipinski definition) is 4. The monoisotopic (exact) mass is 264 g/mol. The van der Waals surface area contributed by atoms with Crippen molar-refractivity contribution < 1.29 is 4.74 Å². The summed E-state index contributed by atoms with van der Waals surface area (Å²) in [6.07, 6.45) is 1.85. The minimum atomic E-state index is -0.0533. The van der Waals surface area contributed by atoms with Crippen molar-refractivity contribution in [2.24, 2.45) is 0 Å². The first kappa shape index (κ1) is 11.6. The molecule has 6 heteroatoms. The van der Waals surface area contributed by atoms with Crippen LogP contribution >= 0.6 is 11.6 Å². The molecule has 1 aromatic heterocycles. The zero-order valence-corrected chi connectivity index (χ0v) is 10.5. The van der Waals surface area contributed by atoms with E-state index >= 15 is 0 Å². The number of halogens is 1. The lowest BCUT2D eigenvalue weighted by atomic mass is 9.91. The molecule has 0 bridgehead atoms. The number of hydrogen-bond donors (Lipinski definition) is 1. The molecule has 3 rings (SSSR count). The molecule has 0 radical (unpaired) electrons. The third-order valence-electron chi connectivity index (χ3n) is 3.27. The number of benzene rings is 1. The lowest BCUT2D eigenvalue weighted by Gasteiger charge is -2.28. The second-order valence-corrected chi connectivity index (χ2v) is 4.79. The first-order valence-electron chi connectivity index (χ1n) is 5.94. The molecule has 0 amide bonds. The molecular formula is C12H13ClN4O. The van der Waals surface area contributed by atoms with Crippen LogP contribution in [0.1, 0.15) is 36.3 Å². The van der Waals surface area contributed by atoms with E-state index < -0.39 is 0 Å². The topological polar surface area (TPSA) is 63.7 Å². The molecule has 1 saturated heterocycles. The van der Waals surface area contributed by atoms with Crippen LogP contribution in [0.3, 0.4) is 0 Å². The average Bonchev–Trinajstić information content (AvgIpc) is 2.94. The van der Waals surface area contributed by atoms with Crippen LogP contribution < -0.4 is 0 Å². The summed E-state index contributed by atoms with van der Waals surface area (Å²) in [5, 5.41) is 14.7. The molecule has 1 N–H and O–H groups in total. The normalized spacial score (nSPS) is 24.1. The quantitative estimate of drug-likeness (QED) is 0.905. The van der Waals surface area contributed by atoms with Gasteiger partial charge in [-0.2, -0.15) is 5.21 Å². The minimum Gasteiger partial charge on any atom is -0.369 e. The van der Waals surface area contributed by atoms with Crippen molar-refractivity contribution in [3.8, 4) is 0 Å². The Morgan fingerprint density at radius 3 is 2.83 bits per heavy atom. The van der Waals surface area contributed by atoms with Gasteiger partial charge in [-0.3, -0.25) is 0 Å². The maximum atomic E-state index is 6.20. The van der Waals surface area contributed by atoms with Crippen LogP contribution in [0, 0.1) is 0 Å². The Kier molecular flexibility index (Phi) is 3.25. The van der Waals surface area contributed by atoms with Gasteiger partial charge in [0.25, 0.3) is 0 Å². The van der Waals surface area contributed by atoms with Crippen LogP contribution in [0.25, 0.3) is 0 Å². The van der Waals surface area contributed by atoms with Gasteiger partial charge in [-0.05, 0) is 24.5 Å². The van der Waals surface area contributed by atoms with E-state index in [0.29, 0.717) is 18.3 Å². The molecule has 1 fully saturated rings. The van der Waals surface area contributed by atoms with Crippen LogP contribution in [0.15, 0.2) is 24.3 Å². The molecule has 1 aliphatic heterocycles. The molecule has 5 nitrogen and oxygen atoms in total. The fourth-order valence-electron chi connectivity index (χ4n) is 2.31. The lowest BCUT2D eigenvalue weighted by Crippen LogP contribution is -2.20. The van der Waals surface area contributed by atoms with Gasteiger partial charge in [0, 0.05) is 10.9 Å². The molecule has 0 spiro atoms. The number of H-pyrrole nitrogens is 1. The summed E-state index contributed by atoms with van der Waals surface area (Å²) < 4.78 is 5.80. The van der Waals surface area contributed by atoms with Gasteiger partial charge in [-0.25, -0.2) is 0 Å². The number of nitrogens with zero attached hydrogens (tertiary/aromatic N) is 3. The van der Waals surface area contributed by atoms with Gasteiger partial charge in [-0.15, -0.1) is 10.2 Å². The lowest BCUT2D eigenvalue weighted by molar-refractivity contribution is -0.00275. The Morgan fingerprint density at radius 2 is 2.17 bits per heavy atom. The molecule has 2 aromatic rings. The largest absolute Gasteiger partial charge is 0.369 e. The van der Waals surface area contributed by atoms with Crippen molar-refractivity contribution in [1.29, 1.82) is 0 Å². The number of ether oxygens (including phenoxy) is 1. The van der Waals surface area contributed by atoms with Gasteiger partial charge >= 0.3 is 0 Å². The van der Waals surface area contributed by atoms with Gasteiger partial charge in [0.05, 0.1) is 6.61 Å². The Bertz CT molecular complexity index is 509. The standard InChI is InChI=1S/C12H13ClN4O/c13-10-4-2-1-3-9(10)8-5-6-11(18-7-8)12-14-16-17-15-12/h1-4,8,11H,5-7H2,(H,14,15,16,17). The van der Waals surface area contributed by atoms with E-state index in [0.717, 1.165) is 23.4 Å². The van der Waals surface area contributed by atoms with Crippen molar-refractivity contribution >= 4 is 11.6 Å². The van der Waals surface area contributed by atoms with Gasteiger partial charge in [0.1, 0.15) is 6.10 Å². The summed E-state index contributed by atoms with van der Waals surface area (Å²) >= 11 is 6.20. The van der Waals surface area contributed by atoms with Crippen molar-refractivity contribution in [3.05, 3.63) is 40.7 Å². The predicted molar refractivity (Wildman–Crippen MR) is 66.3 cm³/mol. The van der Waals surface area contributed by atoms with Crippen molar-refractivity contribution in [2.45, 2.75) is 24.9 Å². The Labute approximate surface area is 109 Å². The van der Waals surface area contributed by atoms with Crippen molar-refractivity contribution in [2.75, 3.05) is 6.61 Å². The molecular weight excluding hydrogens is 252 g/mol. The SMILES string of the molecule is Clc1ccccc1C1CCC(c2nn[nH]n2)OC1. The van der Waals surface area contributed by atoms with E-state index in [-0.39, 0.29) is 6.10 Å². The molecule has 2 atom stereocenters. The fourth-order valence-corrected chi connectivity index (χ4v) is 2.60. The summed E-state index contributed by atoms with van der Waals surface area (Å²) in [7, 11) is 0. The summed E-state index contributed by atoms with van der Waals surface area (Å²) in [4.78, 5) is 0. The van der Waals surface area contributed by atoms with Crippen LogP contribution in [-0.2, 0) is 4.74 Å². The van der Waals surface area contributed by atoms with Crippen molar-refractivity contribution in [1.82, 2.24) is 20.6 Å². The van der Waals surface area contributed by atoms with Crippen LogP contribution in [0.4, 0.5) is 0 Å². The van der Waals surface area contributed by atoms with Crippen LogP contribution in [-0.4, -0.2) is 27.2 Å². The smallest absolute Gasteiger partial charge is 0.203 e. The Morgan fingerprint density at radius 1 is 1.28 bits per heavy atom. The maximum absolute atomic E-state index is 6.20. The highest BCUT2D eigenvalue weighted by Crippen LogP contribution is 2.36. The van der Waals surface area contributed by atoms with E-state index in [9.17, 15) is 0 Å². The third kappa shape index (κ3) is 2.23. The number of rotatable bonds is 2. The second kappa shape index (κ2) is 5.04. The fraction of sp³-hybridized carbons (Fsp3) is 0.417. The molecule has 94 valence electrons. The van der Waals surface area contributed by atoms with Gasteiger partial charge < -0.3 is 4.74 Å². The molecule has 1 aliphatic rings. The summed E-state index contributed by atoms with van der Waals surface area (Å²) in [6.45, 7) is 0.642.